The summed E-state index contributed by atoms with van der Waals surface area (Å²) in [6, 6.07) is 25.3. The minimum Gasteiger partial charge on any atom is -0.354 e. The molecule has 0 saturated heterocycles. The van der Waals surface area contributed by atoms with E-state index in [0.717, 1.165) is 17.8 Å². The first kappa shape index (κ1) is 12.0. The molecule has 3 aromatic carbocycles. The molecular weight excluding hydrogens is 256 g/mol. The molecule has 0 radical (unpaired) electrons. The molecule has 0 aromatic heterocycles. The minimum atomic E-state index is 0.917. The quantitative estimate of drug-likeness (QED) is 0.466. The zero-order chi connectivity index (χ0) is 14.1. The van der Waals surface area contributed by atoms with Gasteiger partial charge in [-0.2, -0.15) is 0 Å². The summed E-state index contributed by atoms with van der Waals surface area (Å²) in [6.07, 6.45) is 0.917. The number of rotatable bonds is 0. The average molecular weight is 272 g/mol. The second-order valence-electron chi connectivity index (χ2n) is 5.29. The maximum absolute atomic E-state index is 3.56. The molecule has 0 bridgehead atoms. The Hall–Kier alpha value is -2.74. The number of para-hydroxylation sites is 4. The van der Waals surface area contributed by atoms with Crippen LogP contribution in [0.1, 0.15) is 11.1 Å². The van der Waals surface area contributed by atoms with Gasteiger partial charge in [-0.25, -0.2) is 0 Å². The second-order valence-corrected chi connectivity index (χ2v) is 5.29. The number of fused-ring (bicyclic) bond motifs is 3. The van der Waals surface area contributed by atoms with Gasteiger partial charge in [-0.15, -0.1) is 0 Å². The van der Waals surface area contributed by atoms with E-state index in [0.29, 0.717) is 0 Å². The van der Waals surface area contributed by atoms with Crippen LogP contribution in [0.15, 0.2) is 72.8 Å². The maximum atomic E-state index is 3.56. The predicted octanol–water partition coefficient (Wildman–Crippen LogP) is 5.08. The summed E-state index contributed by atoms with van der Waals surface area (Å²) in [5, 5.41) is 7.11. The third-order valence-electron chi connectivity index (χ3n) is 3.88. The van der Waals surface area contributed by atoms with Crippen molar-refractivity contribution in [2.24, 2.45) is 0 Å². The summed E-state index contributed by atoms with van der Waals surface area (Å²) in [5.41, 5.74) is 7.15. The summed E-state index contributed by atoms with van der Waals surface area (Å²) in [4.78, 5) is 0. The van der Waals surface area contributed by atoms with Crippen molar-refractivity contribution in [2.75, 3.05) is 10.6 Å². The van der Waals surface area contributed by atoms with Gasteiger partial charge in [0.15, 0.2) is 0 Å². The molecule has 21 heavy (non-hydrogen) atoms. The summed E-state index contributed by atoms with van der Waals surface area (Å²) < 4.78 is 0. The van der Waals surface area contributed by atoms with Crippen molar-refractivity contribution >= 4 is 22.7 Å². The van der Waals surface area contributed by atoms with Crippen LogP contribution in [0, 0.1) is 0 Å². The molecule has 0 amide bonds. The van der Waals surface area contributed by atoms with Crippen LogP contribution in [-0.4, -0.2) is 0 Å². The van der Waals surface area contributed by atoms with Crippen molar-refractivity contribution in [3.63, 3.8) is 0 Å². The van der Waals surface area contributed by atoms with Crippen molar-refractivity contribution in [2.45, 2.75) is 6.42 Å². The fourth-order valence-corrected chi connectivity index (χ4v) is 2.79. The van der Waals surface area contributed by atoms with Crippen molar-refractivity contribution < 1.29 is 0 Å². The van der Waals surface area contributed by atoms with Crippen LogP contribution in [0.4, 0.5) is 22.7 Å². The summed E-state index contributed by atoms with van der Waals surface area (Å²) in [5.74, 6) is 0. The number of hydrogen-bond acceptors (Lipinski definition) is 2. The van der Waals surface area contributed by atoms with E-state index in [9.17, 15) is 0 Å². The lowest BCUT2D eigenvalue weighted by Gasteiger charge is -2.13. The highest BCUT2D eigenvalue weighted by Gasteiger charge is 2.12. The lowest BCUT2D eigenvalue weighted by atomic mass is 10.0. The summed E-state index contributed by atoms with van der Waals surface area (Å²) >= 11 is 0. The lowest BCUT2D eigenvalue weighted by Crippen LogP contribution is -1.97. The highest BCUT2D eigenvalue weighted by Crippen LogP contribution is 2.34. The van der Waals surface area contributed by atoms with E-state index in [-0.39, 0.29) is 0 Å². The fraction of sp³-hybridized carbons (Fsp3) is 0.0526. The fourth-order valence-electron chi connectivity index (χ4n) is 2.79. The third kappa shape index (κ3) is 2.25. The standard InChI is InChI=1S/C19H16N2/c1-3-9-16-14(7-1)13-15-8-2-4-10-17(15)21-19-12-6-5-11-18(19)20-16/h1-12,20-21H,13H2. The Kier molecular flexibility index (Phi) is 2.86. The first-order chi connectivity index (χ1) is 10.4. The Morgan fingerprint density at radius 1 is 0.476 bits per heavy atom. The zero-order valence-electron chi connectivity index (χ0n) is 11.6. The Bertz CT molecular complexity index is 622. The molecule has 1 aliphatic heterocycles. The Labute approximate surface area is 124 Å². The van der Waals surface area contributed by atoms with E-state index in [1.54, 1.807) is 0 Å². The normalized spacial score (nSPS) is 12.4. The van der Waals surface area contributed by atoms with Crippen LogP contribution in [0.5, 0.6) is 0 Å². The van der Waals surface area contributed by atoms with Gasteiger partial charge in [0.05, 0.1) is 11.4 Å². The number of anilines is 4. The van der Waals surface area contributed by atoms with Gasteiger partial charge >= 0.3 is 0 Å². The van der Waals surface area contributed by atoms with Crippen molar-refractivity contribution in [3.8, 4) is 0 Å². The van der Waals surface area contributed by atoms with Gasteiger partial charge < -0.3 is 10.6 Å². The monoisotopic (exact) mass is 272 g/mol. The van der Waals surface area contributed by atoms with Gasteiger partial charge in [0.2, 0.25) is 0 Å². The van der Waals surface area contributed by atoms with E-state index < -0.39 is 0 Å². The van der Waals surface area contributed by atoms with E-state index in [2.05, 4.69) is 83.4 Å². The Morgan fingerprint density at radius 3 is 1.33 bits per heavy atom. The SMILES string of the molecule is c1ccc2c(c1)Cc1ccccc1Nc1ccccc1N2. The largest absolute Gasteiger partial charge is 0.354 e. The van der Waals surface area contributed by atoms with Gasteiger partial charge in [0.1, 0.15) is 0 Å². The number of nitrogens with one attached hydrogen (secondary N) is 2. The molecule has 3 aromatic rings. The van der Waals surface area contributed by atoms with Crippen LogP contribution >= 0.6 is 0 Å². The van der Waals surface area contributed by atoms with E-state index in [1.807, 2.05) is 0 Å². The molecule has 102 valence electrons. The van der Waals surface area contributed by atoms with E-state index in [4.69, 9.17) is 0 Å². The third-order valence-corrected chi connectivity index (χ3v) is 3.88. The first-order valence-corrected chi connectivity index (χ1v) is 7.19. The van der Waals surface area contributed by atoms with Crippen LogP contribution in [0.2, 0.25) is 0 Å². The smallest absolute Gasteiger partial charge is 0.0623 e. The molecule has 2 N–H and O–H groups in total. The molecule has 0 saturated carbocycles. The molecule has 0 unspecified atom stereocenters. The first-order valence-electron chi connectivity index (χ1n) is 7.19. The molecule has 1 heterocycles. The topological polar surface area (TPSA) is 24.1 Å². The molecule has 0 atom stereocenters. The van der Waals surface area contributed by atoms with Crippen LogP contribution in [0.25, 0.3) is 0 Å². The zero-order valence-corrected chi connectivity index (χ0v) is 11.6. The van der Waals surface area contributed by atoms with Gasteiger partial charge in [0.25, 0.3) is 0 Å². The van der Waals surface area contributed by atoms with Gasteiger partial charge in [-0.1, -0.05) is 48.5 Å². The minimum absolute atomic E-state index is 0.917. The molecule has 0 aliphatic carbocycles. The molecular formula is C19H16N2. The lowest BCUT2D eigenvalue weighted by molar-refractivity contribution is 1.20. The van der Waals surface area contributed by atoms with Crippen LogP contribution < -0.4 is 10.6 Å². The molecule has 4 rings (SSSR count). The van der Waals surface area contributed by atoms with Crippen molar-refractivity contribution in [3.05, 3.63) is 83.9 Å². The van der Waals surface area contributed by atoms with Crippen molar-refractivity contribution in [1.29, 1.82) is 0 Å². The summed E-state index contributed by atoms with van der Waals surface area (Å²) in [7, 11) is 0. The van der Waals surface area contributed by atoms with Crippen LogP contribution in [0.3, 0.4) is 0 Å². The van der Waals surface area contributed by atoms with Gasteiger partial charge in [0, 0.05) is 17.8 Å². The molecule has 2 nitrogen and oxygen atoms in total. The van der Waals surface area contributed by atoms with Crippen LogP contribution in [-0.2, 0) is 6.42 Å². The molecule has 0 spiro atoms. The van der Waals surface area contributed by atoms with Crippen molar-refractivity contribution in [1.82, 2.24) is 0 Å². The van der Waals surface area contributed by atoms with Gasteiger partial charge in [-0.05, 0) is 35.4 Å². The summed E-state index contributed by atoms with van der Waals surface area (Å²) in [6.45, 7) is 0. The number of hydrogen-bond donors (Lipinski definition) is 2. The average Bonchev–Trinajstić information content (AvgIpc) is 2.59. The molecule has 2 heteroatoms. The van der Waals surface area contributed by atoms with E-state index in [1.165, 1.54) is 22.5 Å². The molecule has 0 fully saturated rings. The molecule has 1 aliphatic rings. The van der Waals surface area contributed by atoms with Gasteiger partial charge in [-0.3, -0.25) is 0 Å². The highest BCUT2D eigenvalue weighted by molar-refractivity contribution is 5.81. The Balaban J connectivity index is 1.94. The Morgan fingerprint density at radius 2 is 0.857 bits per heavy atom. The predicted molar refractivity (Wildman–Crippen MR) is 88.7 cm³/mol. The maximum Gasteiger partial charge on any atom is 0.0623 e. The highest BCUT2D eigenvalue weighted by atomic mass is 15.0. The number of benzene rings is 3. The second kappa shape index (κ2) is 4.98. The van der Waals surface area contributed by atoms with E-state index >= 15 is 0 Å².